The van der Waals surface area contributed by atoms with E-state index in [4.69, 9.17) is 13.6 Å². The first-order chi connectivity index (χ1) is 14.4. The van der Waals surface area contributed by atoms with Gasteiger partial charge in [-0.3, -0.25) is 0 Å². The Morgan fingerprint density at radius 3 is 2.57 bits per heavy atom. The predicted octanol–water partition coefficient (Wildman–Crippen LogP) is 4.70. The molecule has 0 fully saturated rings. The van der Waals surface area contributed by atoms with E-state index in [9.17, 15) is 5.11 Å². The van der Waals surface area contributed by atoms with Crippen molar-refractivity contribution in [3.63, 3.8) is 0 Å². The summed E-state index contributed by atoms with van der Waals surface area (Å²) in [6, 6.07) is 9.65. The molecular formula is C24H35BN4O. The Kier molecular flexibility index (Phi) is 8.16. The zero-order chi connectivity index (χ0) is 22.3. The van der Waals surface area contributed by atoms with Crippen LogP contribution in [0.3, 0.4) is 0 Å². The van der Waals surface area contributed by atoms with E-state index in [1.807, 2.05) is 64.2 Å². The molecule has 6 heteroatoms. The minimum Gasteiger partial charge on any atom is -0.506 e. The number of anilines is 2. The predicted molar refractivity (Wildman–Crippen MR) is 131 cm³/mol. The lowest BCUT2D eigenvalue weighted by Crippen LogP contribution is -2.31. The van der Waals surface area contributed by atoms with E-state index >= 15 is 0 Å². The van der Waals surface area contributed by atoms with Crippen LogP contribution in [0.15, 0.2) is 71.9 Å². The van der Waals surface area contributed by atoms with Gasteiger partial charge in [-0.25, -0.2) is 4.98 Å². The average molecular weight is 406 g/mol. The summed E-state index contributed by atoms with van der Waals surface area (Å²) in [6.45, 7) is 13.0. The highest BCUT2D eigenvalue weighted by atomic mass is 16.3. The van der Waals surface area contributed by atoms with Gasteiger partial charge in [0.2, 0.25) is 0 Å². The van der Waals surface area contributed by atoms with Crippen molar-refractivity contribution >= 4 is 24.8 Å². The second kappa shape index (κ2) is 10.6. The van der Waals surface area contributed by atoms with Gasteiger partial charge < -0.3 is 21.1 Å². The molecule has 0 aliphatic carbocycles. The summed E-state index contributed by atoms with van der Waals surface area (Å²) >= 11 is 0. The molecule has 1 aromatic carbocycles. The Morgan fingerprint density at radius 2 is 1.97 bits per heavy atom. The standard InChI is InChI=1S/C22H25BN4O.C2H6.2H2/c1-4-20(14(2)22(24)15(3)28)27-10-9-16-12-25-21(11-17(16)13-27)26-19-7-5-18(23)6-8-19;1-2;;/h4-8,11-12,28H,3,9-10,13,24H2,1-2H3,(H,25,26);1-2H3;2*1H/b20-4+,22-14+;;;. The molecule has 1 aliphatic heterocycles. The summed E-state index contributed by atoms with van der Waals surface area (Å²) in [5.74, 6) is 0.691. The van der Waals surface area contributed by atoms with Gasteiger partial charge in [0.1, 0.15) is 19.4 Å². The van der Waals surface area contributed by atoms with Crippen LogP contribution in [0, 0.1) is 0 Å². The highest BCUT2D eigenvalue weighted by Crippen LogP contribution is 2.28. The molecule has 0 amide bonds. The van der Waals surface area contributed by atoms with Gasteiger partial charge in [0.15, 0.2) is 0 Å². The Hall–Kier alpha value is -3.15. The van der Waals surface area contributed by atoms with E-state index in [1.54, 1.807) is 0 Å². The normalized spacial score (nSPS) is 14.1. The van der Waals surface area contributed by atoms with Gasteiger partial charge in [0, 0.05) is 33.5 Å². The molecule has 5 nitrogen and oxygen atoms in total. The fourth-order valence-electron chi connectivity index (χ4n) is 3.42. The highest BCUT2D eigenvalue weighted by Gasteiger charge is 2.21. The molecule has 30 heavy (non-hydrogen) atoms. The maximum Gasteiger partial charge on any atom is 0.131 e. The molecule has 4 N–H and O–H groups in total. The summed E-state index contributed by atoms with van der Waals surface area (Å²) in [4.78, 5) is 6.80. The van der Waals surface area contributed by atoms with Crippen LogP contribution >= 0.6 is 0 Å². The molecule has 2 heterocycles. The second-order valence-electron chi connectivity index (χ2n) is 6.92. The molecule has 1 aliphatic rings. The van der Waals surface area contributed by atoms with Crippen molar-refractivity contribution in [2.45, 2.75) is 40.7 Å². The van der Waals surface area contributed by atoms with Crippen LogP contribution in [0.1, 0.15) is 41.7 Å². The number of hydrogen-bond acceptors (Lipinski definition) is 5. The maximum absolute atomic E-state index is 9.64. The van der Waals surface area contributed by atoms with Gasteiger partial charge in [-0.2, -0.15) is 0 Å². The molecule has 0 atom stereocenters. The van der Waals surface area contributed by atoms with Gasteiger partial charge in [0.05, 0.1) is 5.70 Å². The zero-order valence-electron chi connectivity index (χ0n) is 18.4. The fraction of sp³-hybridized carbons (Fsp3) is 0.292. The molecule has 160 valence electrons. The van der Waals surface area contributed by atoms with Crippen molar-refractivity contribution in [3.05, 3.63) is 83.0 Å². The summed E-state index contributed by atoms with van der Waals surface area (Å²) in [5.41, 5.74) is 12.3. The molecule has 1 aromatic heterocycles. The number of rotatable bonds is 5. The molecular weight excluding hydrogens is 371 g/mol. The average Bonchev–Trinajstić information content (AvgIpc) is 2.76. The summed E-state index contributed by atoms with van der Waals surface area (Å²) in [6.07, 6.45) is 4.86. The SMILES string of the molecule is CC.[B]c1ccc(Nc2cc3c(cn2)CCN(C(=C/C)/C(C)=C(/N)C(=C)O)C3)cc1.[HH].[HH]. The Balaban J connectivity index is 0.00000234. The highest BCUT2D eigenvalue weighted by molar-refractivity contribution is 6.32. The minimum atomic E-state index is -0.103. The number of aliphatic hydroxyl groups is 1. The van der Waals surface area contributed by atoms with Crippen molar-refractivity contribution < 1.29 is 7.96 Å². The smallest absolute Gasteiger partial charge is 0.131 e. The second-order valence-corrected chi connectivity index (χ2v) is 6.92. The Bertz CT molecular complexity index is 959. The minimum absolute atomic E-state index is 0. The van der Waals surface area contributed by atoms with Crippen LogP contribution in [-0.4, -0.2) is 29.4 Å². The van der Waals surface area contributed by atoms with Crippen molar-refractivity contribution in [2.24, 2.45) is 5.73 Å². The maximum atomic E-state index is 9.64. The quantitative estimate of drug-likeness (QED) is 0.381. The number of hydrogen-bond donors (Lipinski definition) is 3. The number of nitrogens with one attached hydrogen (secondary N) is 1. The molecule has 0 spiro atoms. The molecule has 0 saturated carbocycles. The number of aliphatic hydroxyl groups excluding tert-OH is 1. The summed E-state index contributed by atoms with van der Waals surface area (Å²) < 4.78 is 0. The zero-order valence-corrected chi connectivity index (χ0v) is 18.4. The molecule has 0 unspecified atom stereocenters. The third-order valence-corrected chi connectivity index (χ3v) is 4.99. The third kappa shape index (κ3) is 5.47. The third-order valence-electron chi connectivity index (χ3n) is 4.99. The molecule has 0 bridgehead atoms. The van der Waals surface area contributed by atoms with Crippen LogP contribution in [0.25, 0.3) is 0 Å². The number of nitrogens with two attached hydrogens (primary N) is 1. The van der Waals surface area contributed by atoms with Crippen LogP contribution in [0.5, 0.6) is 0 Å². The van der Waals surface area contributed by atoms with E-state index in [2.05, 4.69) is 27.8 Å². The lowest BCUT2D eigenvalue weighted by molar-refractivity contribution is 0.325. The van der Waals surface area contributed by atoms with Crippen molar-refractivity contribution in [1.82, 2.24) is 9.88 Å². The number of benzene rings is 1. The number of nitrogens with zero attached hydrogens (tertiary/aromatic N) is 2. The largest absolute Gasteiger partial charge is 0.506 e. The van der Waals surface area contributed by atoms with Crippen LogP contribution < -0.4 is 16.5 Å². The van der Waals surface area contributed by atoms with E-state index in [0.29, 0.717) is 5.70 Å². The van der Waals surface area contributed by atoms with E-state index in [0.717, 1.165) is 47.7 Å². The van der Waals surface area contributed by atoms with Crippen LogP contribution in [0.4, 0.5) is 11.5 Å². The van der Waals surface area contributed by atoms with Gasteiger partial charge in [-0.15, -0.1) is 0 Å². The van der Waals surface area contributed by atoms with Crippen molar-refractivity contribution in [1.29, 1.82) is 0 Å². The monoisotopic (exact) mass is 406 g/mol. The first kappa shape index (κ1) is 23.1. The van der Waals surface area contributed by atoms with Crippen LogP contribution in [0.2, 0.25) is 0 Å². The lowest BCUT2D eigenvalue weighted by atomic mass is 9.96. The van der Waals surface area contributed by atoms with E-state index in [-0.39, 0.29) is 8.61 Å². The van der Waals surface area contributed by atoms with Gasteiger partial charge >= 0.3 is 0 Å². The molecule has 0 saturated heterocycles. The Morgan fingerprint density at radius 1 is 1.30 bits per heavy atom. The van der Waals surface area contributed by atoms with Crippen LogP contribution in [-0.2, 0) is 13.0 Å². The topological polar surface area (TPSA) is 74.4 Å². The molecule has 2 radical (unpaired) electrons. The number of aromatic nitrogens is 1. The van der Waals surface area contributed by atoms with Gasteiger partial charge in [-0.05, 0) is 55.2 Å². The van der Waals surface area contributed by atoms with Gasteiger partial charge in [-0.1, -0.05) is 44.1 Å². The summed E-state index contributed by atoms with van der Waals surface area (Å²) in [7, 11) is 5.74. The molecule has 3 rings (SSSR count). The fourth-order valence-corrected chi connectivity index (χ4v) is 3.42. The van der Waals surface area contributed by atoms with E-state index < -0.39 is 0 Å². The first-order valence-electron chi connectivity index (χ1n) is 10.3. The first-order valence-corrected chi connectivity index (χ1v) is 10.3. The number of pyridine rings is 1. The van der Waals surface area contributed by atoms with Crippen molar-refractivity contribution in [3.8, 4) is 0 Å². The van der Waals surface area contributed by atoms with Crippen molar-refractivity contribution in [2.75, 3.05) is 11.9 Å². The van der Waals surface area contributed by atoms with E-state index in [1.165, 1.54) is 11.1 Å². The number of fused-ring (bicyclic) bond motifs is 1. The van der Waals surface area contributed by atoms with Gasteiger partial charge in [0.25, 0.3) is 0 Å². The Labute approximate surface area is 184 Å². The summed E-state index contributed by atoms with van der Waals surface area (Å²) in [5, 5.41) is 13.0. The number of allylic oxidation sites excluding steroid dienone is 2. The lowest BCUT2D eigenvalue weighted by Gasteiger charge is -2.33. The molecule has 2 aromatic rings.